The fraction of sp³-hybridized carbons (Fsp3) is 0.304. The first-order valence-corrected chi connectivity index (χ1v) is 10.6. The maximum Gasteiger partial charge on any atom is 0.336 e. The minimum Gasteiger partial charge on any atom is -0.423 e. The molecule has 0 aliphatic heterocycles. The summed E-state index contributed by atoms with van der Waals surface area (Å²) in [6.45, 7) is 9.43. The first-order chi connectivity index (χ1) is 13.5. The quantitative estimate of drug-likeness (QED) is 0.314. The number of thioether (sulfide) groups is 1. The van der Waals surface area contributed by atoms with Crippen molar-refractivity contribution in [1.29, 1.82) is 0 Å². The van der Waals surface area contributed by atoms with E-state index in [9.17, 15) is 4.79 Å². The molecule has 0 spiro atoms. The number of nitrogens with zero attached hydrogens (tertiary/aromatic N) is 2. The van der Waals surface area contributed by atoms with E-state index < -0.39 is 0 Å². The van der Waals surface area contributed by atoms with Crippen LogP contribution in [0.1, 0.15) is 43.4 Å². The van der Waals surface area contributed by atoms with Gasteiger partial charge in [0.05, 0.1) is 11.0 Å². The standard InChI is InChI=1S/C23H24N2O2S/c1-5-25-20-9-7-6-8-19(20)24-23(25)28-13-16-11-22(26)27-21-10-15(4)17(14(2)3)12-18(16)21/h6-12,14H,5,13H2,1-4H3. The van der Waals surface area contributed by atoms with Crippen LogP contribution in [0.3, 0.4) is 0 Å². The normalized spacial score (nSPS) is 11.8. The number of aromatic nitrogens is 2. The monoisotopic (exact) mass is 392 g/mol. The van der Waals surface area contributed by atoms with Gasteiger partial charge in [-0.05, 0) is 60.7 Å². The molecule has 144 valence electrons. The van der Waals surface area contributed by atoms with Gasteiger partial charge in [0.25, 0.3) is 0 Å². The van der Waals surface area contributed by atoms with Gasteiger partial charge in [0, 0.05) is 23.8 Å². The molecule has 0 aliphatic carbocycles. The lowest BCUT2D eigenvalue weighted by Crippen LogP contribution is -2.03. The van der Waals surface area contributed by atoms with Crippen LogP contribution in [-0.2, 0) is 12.3 Å². The molecule has 0 aliphatic rings. The van der Waals surface area contributed by atoms with E-state index in [1.165, 1.54) is 5.56 Å². The molecule has 4 nitrogen and oxygen atoms in total. The Labute approximate surface area is 168 Å². The summed E-state index contributed by atoms with van der Waals surface area (Å²) in [5.41, 5.74) is 5.94. The van der Waals surface area contributed by atoms with Gasteiger partial charge in [0.1, 0.15) is 5.58 Å². The number of fused-ring (bicyclic) bond motifs is 2. The highest BCUT2D eigenvalue weighted by atomic mass is 32.2. The van der Waals surface area contributed by atoms with Crippen molar-refractivity contribution in [3.8, 4) is 0 Å². The minimum absolute atomic E-state index is 0.302. The summed E-state index contributed by atoms with van der Waals surface area (Å²) in [6, 6.07) is 14.0. The smallest absolute Gasteiger partial charge is 0.336 e. The molecule has 5 heteroatoms. The molecule has 28 heavy (non-hydrogen) atoms. The molecule has 4 aromatic rings. The highest BCUT2D eigenvalue weighted by molar-refractivity contribution is 7.98. The predicted octanol–water partition coefficient (Wildman–Crippen LogP) is 5.89. The third-order valence-electron chi connectivity index (χ3n) is 5.13. The molecule has 2 aromatic carbocycles. The molecule has 0 fully saturated rings. The molecule has 2 aromatic heterocycles. The van der Waals surface area contributed by atoms with E-state index in [0.29, 0.717) is 17.3 Å². The lowest BCUT2D eigenvalue weighted by atomic mass is 9.95. The molecule has 4 rings (SSSR count). The Hall–Kier alpha value is -2.53. The molecular weight excluding hydrogens is 368 g/mol. The van der Waals surface area contributed by atoms with Crippen LogP contribution in [0, 0.1) is 6.92 Å². The van der Waals surface area contributed by atoms with Crippen LogP contribution in [0.4, 0.5) is 0 Å². The SMILES string of the molecule is CCn1c(SCc2cc(=O)oc3cc(C)c(C(C)C)cc23)nc2ccccc21. The molecule has 0 amide bonds. The van der Waals surface area contributed by atoms with Crippen molar-refractivity contribution in [3.63, 3.8) is 0 Å². The number of rotatable bonds is 5. The van der Waals surface area contributed by atoms with Crippen LogP contribution < -0.4 is 5.63 Å². The summed E-state index contributed by atoms with van der Waals surface area (Å²) in [6.07, 6.45) is 0. The summed E-state index contributed by atoms with van der Waals surface area (Å²) < 4.78 is 7.70. The molecular formula is C23H24N2O2S. The second kappa shape index (κ2) is 7.47. The Morgan fingerprint density at radius 3 is 2.71 bits per heavy atom. The molecule has 0 N–H and O–H groups in total. The molecule has 0 saturated carbocycles. The number of hydrogen-bond donors (Lipinski definition) is 0. The van der Waals surface area contributed by atoms with Gasteiger partial charge in [0.15, 0.2) is 5.16 Å². The van der Waals surface area contributed by atoms with Gasteiger partial charge in [0.2, 0.25) is 0 Å². The first kappa shape index (κ1) is 18.8. The summed E-state index contributed by atoms with van der Waals surface area (Å²) in [7, 11) is 0. The van der Waals surface area contributed by atoms with Gasteiger partial charge in [-0.3, -0.25) is 0 Å². The maximum atomic E-state index is 12.1. The summed E-state index contributed by atoms with van der Waals surface area (Å²) in [5.74, 6) is 1.09. The molecule has 0 saturated heterocycles. The number of para-hydroxylation sites is 2. The Bertz CT molecular complexity index is 1220. The van der Waals surface area contributed by atoms with Crippen molar-refractivity contribution in [2.24, 2.45) is 0 Å². The third-order valence-corrected chi connectivity index (χ3v) is 6.16. The number of hydrogen-bond acceptors (Lipinski definition) is 4. The topological polar surface area (TPSA) is 48.0 Å². The van der Waals surface area contributed by atoms with Gasteiger partial charge in [-0.15, -0.1) is 0 Å². The van der Waals surface area contributed by atoms with Gasteiger partial charge in [-0.1, -0.05) is 37.7 Å². The van der Waals surface area contributed by atoms with E-state index in [1.54, 1.807) is 17.8 Å². The van der Waals surface area contributed by atoms with Crippen molar-refractivity contribution < 1.29 is 4.42 Å². The lowest BCUT2D eigenvalue weighted by molar-refractivity contribution is 0.559. The van der Waals surface area contributed by atoms with Crippen molar-refractivity contribution in [1.82, 2.24) is 9.55 Å². The average Bonchev–Trinajstić information content (AvgIpc) is 3.02. The van der Waals surface area contributed by atoms with Crippen molar-refractivity contribution in [3.05, 3.63) is 69.6 Å². The first-order valence-electron chi connectivity index (χ1n) is 9.63. The van der Waals surface area contributed by atoms with E-state index >= 15 is 0 Å². The van der Waals surface area contributed by atoms with E-state index in [-0.39, 0.29) is 5.63 Å². The van der Waals surface area contributed by atoms with Gasteiger partial charge in [-0.2, -0.15) is 0 Å². The fourth-order valence-electron chi connectivity index (χ4n) is 3.74. The number of aryl methyl sites for hydroxylation is 2. The van der Waals surface area contributed by atoms with Crippen LogP contribution in [0.2, 0.25) is 0 Å². The molecule has 0 bridgehead atoms. The fourth-order valence-corrected chi connectivity index (χ4v) is 4.81. The highest BCUT2D eigenvalue weighted by Crippen LogP contribution is 2.31. The van der Waals surface area contributed by atoms with Crippen LogP contribution in [-0.4, -0.2) is 9.55 Å². The van der Waals surface area contributed by atoms with Crippen LogP contribution in [0.5, 0.6) is 0 Å². The van der Waals surface area contributed by atoms with E-state index in [1.807, 2.05) is 24.3 Å². The van der Waals surface area contributed by atoms with Crippen molar-refractivity contribution >= 4 is 33.8 Å². The van der Waals surface area contributed by atoms with E-state index in [2.05, 4.69) is 44.4 Å². The lowest BCUT2D eigenvalue weighted by Gasteiger charge is -2.13. The summed E-state index contributed by atoms with van der Waals surface area (Å²) in [4.78, 5) is 16.9. The van der Waals surface area contributed by atoms with Crippen LogP contribution in [0.25, 0.3) is 22.0 Å². The minimum atomic E-state index is -0.302. The van der Waals surface area contributed by atoms with Gasteiger partial charge < -0.3 is 8.98 Å². The van der Waals surface area contributed by atoms with Gasteiger partial charge >= 0.3 is 5.63 Å². The predicted molar refractivity (Wildman–Crippen MR) is 116 cm³/mol. The van der Waals surface area contributed by atoms with Gasteiger partial charge in [-0.25, -0.2) is 9.78 Å². The Morgan fingerprint density at radius 1 is 1.18 bits per heavy atom. The highest BCUT2D eigenvalue weighted by Gasteiger charge is 2.14. The summed E-state index contributed by atoms with van der Waals surface area (Å²) >= 11 is 1.66. The van der Waals surface area contributed by atoms with Crippen molar-refractivity contribution in [2.45, 2.75) is 51.1 Å². The Balaban J connectivity index is 1.76. The number of imidazole rings is 1. The Kier molecular flexibility index (Phi) is 5.02. The molecule has 0 atom stereocenters. The summed E-state index contributed by atoms with van der Waals surface area (Å²) in [5, 5.41) is 1.99. The van der Waals surface area contributed by atoms with E-state index in [0.717, 1.165) is 39.2 Å². The zero-order valence-corrected chi connectivity index (χ0v) is 17.5. The van der Waals surface area contributed by atoms with E-state index in [4.69, 9.17) is 9.40 Å². The molecule has 0 radical (unpaired) electrons. The molecule has 0 unspecified atom stereocenters. The largest absolute Gasteiger partial charge is 0.423 e. The Morgan fingerprint density at radius 2 is 1.96 bits per heavy atom. The zero-order chi connectivity index (χ0) is 19.8. The van der Waals surface area contributed by atoms with Crippen LogP contribution >= 0.6 is 11.8 Å². The maximum absolute atomic E-state index is 12.1. The number of benzene rings is 2. The second-order valence-corrected chi connectivity index (χ2v) is 8.31. The average molecular weight is 393 g/mol. The second-order valence-electron chi connectivity index (χ2n) is 7.37. The zero-order valence-electron chi connectivity index (χ0n) is 16.7. The molecule has 2 heterocycles. The van der Waals surface area contributed by atoms with Crippen molar-refractivity contribution in [2.75, 3.05) is 0 Å². The third kappa shape index (κ3) is 3.35. The van der Waals surface area contributed by atoms with Crippen LogP contribution in [0.15, 0.2) is 56.8 Å².